The van der Waals surface area contributed by atoms with Gasteiger partial charge in [0.1, 0.15) is 5.75 Å². The van der Waals surface area contributed by atoms with Crippen LogP contribution in [0.3, 0.4) is 0 Å². The lowest BCUT2D eigenvalue weighted by Gasteiger charge is -2.44. The van der Waals surface area contributed by atoms with Crippen LogP contribution in [0, 0.1) is 0 Å². The Morgan fingerprint density at radius 3 is 2.52 bits per heavy atom. The highest BCUT2D eigenvalue weighted by Gasteiger charge is 2.33. The molecule has 1 aliphatic carbocycles. The van der Waals surface area contributed by atoms with Crippen LogP contribution >= 0.6 is 0 Å². The van der Waals surface area contributed by atoms with E-state index in [1.807, 2.05) is 0 Å². The van der Waals surface area contributed by atoms with Crippen LogP contribution in [0.15, 0.2) is 18.2 Å². The molecule has 1 atom stereocenters. The van der Waals surface area contributed by atoms with E-state index < -0.39 is 0 Å². The molecule has 1 aromatic carbocycles. The first-order chi connectivity index (χ1) is 10.3. The predicted octanol–water partition coefficient (Wildman–Crippen LogP) is 1.27. The van der Waals surface area contributed by atoms with Crippen molar-refractivity contribution in [3.63, 3.8) is 0 Å². The number of hydrogen-bond acceptors (Lipinski definition) is 4. The molecule has 4 rings (SSSR count). The summed E-state index contributed by atoms with van der Waals surface area (Å²) in [4.78, 5) is 5.35. The summed E-state index contributed by atoms with van der Waals surface area (Å²) in [6.45, 7) is 7.23. The number of rotatable bonds is 3. The topological polar surface area (TPSA) is 27.7 Å². The Labute approximate surface area is 127 Å². The molecule has 0 spiro atoms. The summed E-state index contributed by atoms with van der Waals surface area (Å²) in [6, 6.07) is 8.02. The molecule has 2 fully saturated rings. The molecule has 1 aromatic rings. The van der Waals surface area contributed by atoms with E-state index >= 15 is 0 Å². The van der Waals surface area contributed by atoms with Crippen molar-refractivity contribution in [3.8, 4) is 5.75 Å². The maximum Gasteiger partial charge on any atom is 0.119 e. The van der Waals surface area contributed by atoms with Crippen LogP contribution in [-0.2, 0) is 6.42 Å². The van der Waals surface area contributed by atoms with Crippen molar-refractivity contribution in [2.24, 2.45) is 0 Å². The minimum atomic E-state index is 0.608. The molecule has 0 aromatic heterocycles. The summed E-state index contributed by atoms with van der Waals surface area (Å²) in [5.74, 6) is 1.000. The number of hydrogen-bond donors (Lipinski definition) is 1. The van der Waals surface area contributed by atoms with E-state index in [0.717, 1.165) is 11.8 Å². The van der Waals surface area contributed by atoms with Crippen LogP contribution in [0.5, 0.6) is 5.75 Å². The van der Waals surface area contributed by atoms with Gasteiger partial charge in [-0.3, -0.25) is 9.80 Å². The van der Waals surface area contributed by atoms with Gasteiger partial charge in [0, 0.05) is 51.4 Å². The molecule has 114 valence electrons. The van der Waals surface area contributed by atoms with E-state index in [1.165, 1.54) is 63.2 Å². The first kappa shape index (κ1) is 13.6. The van der Waals surface area contributed by atoms with Crippen LogP contribution < -0.4 is 10.1 Å². The number of methoxy groups -OCH3 is 1. The normalized spacial score (nSPS) is 27.4. The Morgan fingerprint density at radius 1 is 1.10 bits per heavy atom. The van der Waals surface area contributed by atoms with Gasteiger partial charge in [0.05, 0.1) is 7.11 Å². The molecule has 4 nitrogen and oxygen atoms in total. The Hall–Kier alpha value is -1.10. The van der Waals surface area contributed by atoms with Gasteiger partial charge >= 0.3 is 0 Å². The maximum absolute atomic E-state index is 5.41. The Bertz CT molecular complexity index is 507. The van der Waals surface area contributed by atoms with E-state index in [0.29, 0.717) is 6.04 Å². The van der Waals surface area contributed by atoms with Crippen LogP contribution in [0.25, 0.3) is 0 Å². The molecule has 2 aliphatic heterocycles. The van der Waals surface area contributed by atoms with E-state index in [-0.39, 0.29) is 0 Å². The minimum absolute atomic E-state index is 0.608. The highest BCUT2D eigenvalue weighted by atomic mass is 16.5. The third-order valence-corrected chi connectivity index (χ3v) is 5.47. The van der Waals surface area contributed by atoms with E-state index in [1.54, 1.807) is 7.11 Å². The van der Waals surface area contributed by atoms with Crippen LogP contribution in [0.1, 0.15) is 23.6 Å². The molecule has 3 aliphatic rings. The standard InChI is InChI=1S/C17H25N3O/c1-21-15-4-2-13-3-5-17(16(13)10-15)20-8-6-19(7-9-20)14-11-18-12-14/h2,4,10,14,17-18H,3,5-9,11-12H2,1H3. The second-order valence-electron chi connectivity index (χ2n) is 6.50. The molecule has 1 N–H and O–H groups in total. The number of benzene rings is 1. The monoisotopic (exact) mass is 287 g/mol. The quantitative estimate of drug-likeness (QED) is 0.906. The molecule has 0 bridgehead atoms. The second kappa shape index (κ2) is 5.59. The van der Waals surface area contributed by atoms with Gasteiger partial charge in [0.15, 0.2) is 0 Å². The second-order valence-corrected chi connectivity index (χ2v) is 6.50. The van der Waals surface area contributed by atoms with Crippen molar-refractivity contribution in [3.05, 3.63) is 29.3 Å². The van der Waals surface area contributed by atoms with Gasteiger partial charge in [0.25, 0.3) is 0 Å². The lowest BCUT2D eigenvalue weighted by atomic mass is 10.0. The van der Waals surface area contributed by atoms with Gasteiger partial charge in [0.2, 0.25) is 0 Å². The Kier molecular flexibility index (Phi) is 3.61. The average Bonchev–Trinajstić information content (AvgIpc) is 2.89. The molecule has 0 saturated carbocycles. The summed E-state index contributed by atoms with van der Waals surface area (Å²) >= 11 is 0. The zero-order valence-electron chi connectivity index (χ0n) is 12.8. The average molecular weight is 287 g/mol. The smallest absolute Gasteiger partial charge is 0.119 e. The summed E-state index contributed by atoms with van der Waals surface area (Å²) in [5.41, 5.74) is 3.03. The first-order valence-electron chi connectivity index (χ1n) is 8.21. The largest absolute Gasteiger partial charge is 0.497 e. The number of fused-ring (bicyclic) bond motifs is 1. The van der Waals surface area contributed by atoms with Crippen molar-refractivity contribution in [1.29, 1.82) is 0 Å². The highest BCUT2D eigenvalue weighted by Crippen LogP contribution is 2.38. The molecule has 0 amide bonds. The Balaban J connectivity index is 1.44. The molecule has 2 heterocycles. The number of piperazine rings is 1. The summed E-state index contributed by atoms with van der Waals surface area (Å²) in [5, 5.41) is 3.38. The third-order valence-electron chi connectivity index (χ3n) is 5.47. The van der Waals surface area contributed by atoms with Gasteiger partial charge in [-0.25, -0.2) is 0 Å². The number of aryl methyl sites for hydroxylation is 1. The van der Waals surface area contributed by atoms with Crippen LogP contribution in [0.2, 0.25) is 0 Å². The van der Waals surface area contributed by atoms with Crippen molar-refractivity contribution >= 4 is 0 Å². The number of nitrogens with zero attached hydrogens (tertiary/aromatic N) is 2. The van der Waals surface area contributed by atoms with Crippen LogP contribution in [-0.4, -0.2) is 62.2 Å². The van der Waals surface area contributed by atoms with E-state index in [2.05, 4.69) is 33.3 Å². The zero-order valence-corrected chi connectivity index (χ0v) is 12.8. The van der Waals surface area contributed by atoms with Crippen molar-refractivity contribution in [1.82, 2.24) is 15.1 Å². The van der Waals surface area contributed by atoms with Crippen molar-refractivity contribution < 1.29 is 4.74 Å². The van der Waals surface area contributed by atoms with Crippen LogP contribution in [0.4, 0.5) is 0 Å². The highest BCUT2D eigenvalue weighted by molar-refractivity contribution is 5.40. The van der Waals surface area contributed by atoms with Gasteiger partial charge < -0.3 is 10.1 Å². The van der Waals surface area contributed by atoms with E-state index in [9.17, 15) is 0 Å². The number of ether oxygens (including phenoxy) is 1. The van der Waals surface area contributed by atoms with Gasteiger partial charge in [-0.2, -0.15) is 0 Å². The fraction of sp³-hybridized carbons (Fsp3) is 0.647. The third kappa shape index (κ3) is 2.45. The fourth-order valence-corrected chi connectivity index (χ4v) is 4.01. The van der Waals surface area contributed by atoms with E-state index in [4.69, 9.17) is 4.74 Å². The molecule has 1 unspecified atom stereocenters. The SMILES string of the molecule is COc1ccc2c(c1)C(N1CCN(C3CNC3)CC1)CC2. The van der Waals surface area contributed by atoms with Gasteiger partial charge in [-0.1, -0.05) is 6.07 Å². The van der Waals surface area contributed by atoms with Gasteiger partial charge in [-0.15, -0.1) is 0 Å². The van der Waals surface area contributed by atoms with Gasteiger partial charge in [-0.05, 0) is 36.1 Å². The Morgan fingerprint density at radius 2 is 1.86 bits per heavy atom. The van der Waals surface area contributed by atoms with Crippen molar-refractivity contribution in [2.75, 3.05) is 46.4 Å². The summed E-state index contributed by atoms with van der Waals surface area (Å²) < 4.78 is 5.41. The molecular formula is C17H25N3O. The molecule has 21 heavy (non-hydrogen) atoms. The maximum atomic E-state index is 5.41. The lowest BCUT2D eigenvalue weighted by molar-refractivity contribution is 0.0515. The summed E-state index contributed by atoms with van der Waals surface area (Å²) in [6.07, 6.45) is 2.49. The van der Waals surface area contributed by atoms with Crippen molar-refractivity contribution in [2.45, 2.75) is 24.9 Å². The zero-order chi connectivity index (χ0) is 14.2. The molecular weight excluding hydrogens is 262 g/mol. The first-order valence-corrected chi connectivity index (χ1v) is 8.21. The summed E-state index contributed by atoms with van der Waals surface area (Å²) in [7, 11) is 1.76. The molecule has 2 saturated heterocycles. The minimum Gasteiger partial charge on any atom is -0.497 e. The molecule has 4 heteroatoms. The fourth-order valence-electron chi connectivity index (χ4n) is 4.01. The predicted molar refractivity (Wildman–Crippen MR) is 83.9 cm³/mol. The number of nitrogens with one attached hydrogen (secondary N) is 1. The lowest BCUT2D eigenvalue weighted by Crippen LogP contribution is -2.61. The molecule has 0 radical (unpaired) electrons.